The van der Waals surface area contributed by atoms with Gasteiger partial charge in [0.05, 0.1) is 17.6 Å². The number of hydrogen-bond acceptors (Lipinski definition) is 4. The molecule has 0 bridgehead atoms. The fraction of sp³-hybridized carbons (Fsp3) is 1.00. The van der Waals surface area contributed by atoms with E-state index in [1.54, 1.807) is 6.92 Å². The van der Waals surface area contributed by atoms with Crippen molar-refractivity contribution in [3.05, 3.63) is 0 Å². The smallest absolute Gasteiger partial charge is 0.150 e. The predicted octanol–water partition coefficient (Wildman–Crippen LogP) is -0.466. The van der Waals surface area contributed by atoms with Gasteiger partial charge in [0.2, 0.25) is 0 Å². The predicted molar refractivity (Wildman–Crippen MR) is 51.4 cm³/mol. The summed E-state index contributed by atoms with van der Waals surface area (Å²) in [5.74, 6) is 0.564. The van der Waals surface area contributed by atoms with Crippen LogP contribution < -0.4 is 5.32 Å². The first-order valence-corrected chi connectivity index (χ1v) is 6.43. The van der Waals surface area contributed by atoms with Crippen molar-refractivity contribution in [3.8, 4) is 0 Å². The van der Waals surface area contributed by atoms with Crippen LogP contribution in [-0.2, 0) is 9.84 Å². The van der Waals surface area contributed by atoms with Gasteiger partial charge in [0.1, 0.15) is 9.84 Å². The molecule has 4 nitrogen and oxygen atoms in total. The molecule has 2 N–H and O–H groups in total. The largest absolute Gasteiger partial charge is 0.392 e. The molecule has 1 atom stereocenters. The summed E-state index contributed by atoms with van der Waals surface area (Å²) in [6, 6.07) is 0.262. The first-order valence-electron chi connectivity index (χ1n) is 4.61. The lowest BCUT2D eigenvalue weighted by Gasteiger charge is -2.23. The average Bonchev–Trinajstić information content (AvgIpc) is 2.02. The standard InChI is InChI=1S/C8H17NO3S/c1-7(10)6-9-8-2-4-13(11,12)5-3-8/h7-10H,2-6H2,1H3. The zero-order valence-corrected chi connectivity index (χ0v) is 8.68. The van der Waals surface area contributed by atoms with E-state index in [4.69, 9.17) is 5.11 Å². The van der Waals surface area contributed by atoms with E-state index in [9.17, 15) is 8.42 Å². The summed E-state index contributed by atoms with van der Waals surface area (Å²) in [5, 5.41) is 12.1. The maximum Gasteiger partial charge on any atom is 0.150 e. The molecule has 0 saturated carbocycles. The van der Waals surface area contributed by atoms with Gasteiger partial charge in [-0.2, -0.15) is 0 Å². The van der Waals surface area contributed by atoms with Gasteiger partial charge in [0.25, 0.3) is 0 Å². The SMILES string of the molecule is CC(O)CNC1CCS(=O)(=O)CC1. The van der Waals surface area contributed by atoms with Gasteiger partial charge in [-0.25, -0.2) is 8.42 Å². The lowest BCUT2D eigenvalue weighted by atomic mass is 10.1. The van der Waals surface area contributed by atoms with Crippen LogP contribution in [0.4, 0.5) is 0 Å². The van der Waals surface area contributed by atoms with Crippen LogP contribution in [0.2, 0.25) is 0 Å². The van der Waals surface area contributed by atoms with Gasteiger partial charge in [-0.1, -0.05) is 0 Å². The van der Waals surface area contributed by atoms with Crippen LogP contribution in [0.1, 0.15) is 19.8 Å². The van der Waals surface area contributed by atoms with E-state index >= 15 is 0 Å². The Bertz CT molecular complexity index is 234. The van der Waals surface area contributed by atoms with E-state index < -0.39 is 9.84 Å². The molecule has 1 fully saturated rings. The molecule has 0 amide bonds. The Morgan fingerprint density at radius 2 is 2.00 bits per heavy atom. The van der Waals surface area contributed by atoms with Crippen LogP contribution in [0.3, 0.4) is 0 Å². The quantitative estimate of drug-likeness (QED) is 0.657. The Morgan fingerprint density at radius 1 is 1.46 bits per heavy atom. The first kappa shape index (κ1) is 10.9. The molecule has 1 unspecified atom stereocenters. The van der Waals surface area contributed by atoms with Crippen molar-refractivity contribution in [3.63, 3.8) is 0 Å². The fourth-order valence-electron chi connectivity index (χ4n) is 1.43. The van der Waals surface area contributed by atoms with Crippen molar-refractivity contribution in [2.24, 2.45) is 0 Å². The Balaban J connectivity index is 2.26. The van der Waals surface area contributed by atoms with E-state index in [2.05, 4.69) is 5.32 Å². The van der Waals surface area contributed by atoms with Gasteiger partial charge in [0, 0.05) is 12.6 Å². The van der Waals surface area contributed by atoms with E-state index in [0.717, 1.165) is 0 Å². The lowest BCUT2D eigenvalue weighted by molar-refractivity contribution is 0.185. The third-order valence-electron chi connectivity index (χ3n) is 2.26. The monoisotopic (exact) mass is 207 g/mol. The Kier molecular flexibility index (Phi) is 3.70. The minimum Gasteiger partial charge on any atom is -0.392 e. The molecule has 0 radical (unpaired) electrons. The number of nitrogens with one attached hydrogen (secondary N) is 1. The van der Waals surface area contributed by atoms with Crippen LogP contribution in [-0.4, -0.2) is 43.7 Å². The first-order chi connectivity index (χ1) is 5.99. The molecule has 0 aromatic carbocycles. The number of sulfone groups is 1. The van der Waals surface area contributed by atoms with Crippen LogP contribution in [0.25, 0.3) is 0 Å². The normalized spacial score (nSPS) is 25.7. The number of aliphatic hydroxyl groups excluding tert-OH is 1. The molecule has 0 aromatic heterocycles. The molecule has 1 saturated heterocycles. The number of hydrogen-bond donors (Lipinski definition) is 2. The summed E-state index contributed by atoms with van der Waals surface area (Å²) >= 11 is 0. The Morgan fingerprint density at radius 3 is 2.46 bits per heavy atom. The third-order valence-corrected chi connectivity index (χ3v) is 3.97. The number of rotatable bonds is 3. The zero-order valence-electron chi connectivity index (χ0n) is 7.86. The van der Waals surface area contributed by atoms with Crippen molar-refractivity contribution in [2.75, 3.05) is 18.1 Å². The highest BCUT2D eigenvalue weighted by atomic mass is 32.2. The molecule has 0 spiro atoms. The van der Waals surface area contributed by atoms with Crippen molar-refractivity contribution in [1.29, 1.82) is 0 Å². The van der Waals surface area contributed by atoms with Gasteiger partial charge < -0.3 is 10.4 Å². The molecule has 1 heterocycles. The lowest BCUT2D eigenvalue weighted by Crippen LogP contribution is -2.40. The van der Waals surface area contributed by atoms with Crippen LogP contribution >= 0.6 is 0 Å². The van der Waals surface area contributed by atoms with Crippen LogP contribution in [0, 0.1) is 0 Å². The molecule has 1 aliphatic heterocycles. The van der Waals surface area contributed by atoms with Gasteiger partial charge in [0.15, 0.2) is 0 Å². The highest BCUT2D eigenvalue weighted by molar-refractivity contribution is 7.91. The number of aliphatic hydroxyl groups is 1. The maximum atomic E-state index is 11.1. The van der Waals surface area contributed by atoms with Crippen molar-refractivity contribution >= 4 is 9.84 Å². The molecular weight excluding hydrogens is 190 g/mol. The minimum absolute atomic E-state index is 0.262. The summed E-state index contributed by atoms with van der Waals surface area (Å²) in [6.45, 7) is 2.26. The molecular formula is C8H17NO3S. The molecule has 78 valence electrons. The summed E-state index contributed by atoms with van der Waals surface area (Å²) in [6.07, 6.45) is 0.989. The molecule has 13 heavy (non-hydrogen) atoms. The van der Waals surface area contributed by atoms with E-state index in [-0.39, 0.29) is 23.7 Å². The van der Waals surface area contributed by atoms with Crippen molar-refractivity contribution in [2.45, 2.75) is 31.9 Å². The van der Waals surface area contributed by atoms with Gasteiger partial charge >= 0.3 is 0 Å². The highest BCUT2D eigenvalue weighted by Gasteiger charge is 2.22. The average molecular weight is 207 g/mol. The summed E-state index contributed by atoms with van der Waals surface area (Å²) in [4.78, 5) is 0. The summed E-state index contributed by atoms with van der Waals surface area (Å²) in [7, 11) is -2.76. The van der Waals surface area contributed by atoms with Gasteiger partial charge in [-0.3, -0.25) is 0 Å². The van der Waals surface area contributed by atoms with E-state index in [1.807, 2.05) is 0 Å². The van der Waals surface area contributed by atoms with Gasteiger partial charge in [-0.05, 0) is 19.8 Å². The summed E-state index contributed by atoms with van der Waals surface area (Å²) in [5.41, 5.74) is 0. The van der Waals surface area contributed by atoms with E-state index in [0.29, 0.717) is 19.4 Å². The summed E-state index contributed by atoms with van der Waals surface area (Å²) < 4.78 is 22.1. The minimum atomic E-state index is -2.76. The molecule has 1 rings (SSSR count). The molecule has 1 aliphatic rings. The Hall–Kier alpha value is -0.130. The molecule has 0 aromatic rings. The second kappa shape index (κ2) is 4.39. The zero-order chi connectivity index (χ0) is 9.90. The van der Waals surface area contributed by atoms with Crippen LogP contribution in [0.5, 0.6) is 0 Å². The van der Waals surface area contributed by atoms with E-state index in [1.165, 1.54) is 0 Å². The second-order valence-electron chi connectivity index (χ2n) is 3.68. The third kappa shape index (κ3) is 4.06. The maximum absolute atomic E-state index is 11.1. The van der Waals surface area contributed by atoms with Crippen molar-refractivity contribution in [1.82, 2.24) is 5.32 Å². The molecule has 5 heteroatoms. The van der Waals surface area contributed by atoms with Crippen molar-refractivity contribution < 1.29 is 13.5 Å². The highest BCUT2D eigenvalue weighted by Crippen LogP contribution is 2.11. The Labute approximate surface area is 79.3 Å². The molecule has 0 aliphatic carbocycles. The topological polar surface area (TPSA) is 66.4 Å². The van der Waals surface area contributed by atoms with Crippen LogP contribution in [0.15, 0.2) is 0 Å². The van der Waals surface area contributed by atoms with Gasteiger partial charge in [-0.15, -0.1) is 0 Å². The fourth-order valence-corrected chi connectivity index (χ4v) is 2.92. The second-order valence-corrected chi connectivity index (χ2v) is 5.99.